The van der Waals surface area contributed by atoms with Crippen molar-refractivity contribution in [3.63, 3.8) is 0 Å². The van der Waals surface area contributed by atoms with E-state index in [0.29, 0.717) is 23.4 Å². The molecule has 0 bridgehead atoms. The molecule has 0 saturated heterocycles. The highest BCUT2D eigenvalue weighted by Gasteiger charge is 2.43. The largest absolute Gasteiger partial charge is 0.422 e. The van der Waals surface area contributed by atoms with Crippen molar-refractivity contribution in [1.82, 2.24) is 14.9 Å². The number of aromatic nitrogens is 3. The molecule has 5 rings (SSSR count). The Morgan fingerprint density at radius 1 is 1.00 bits per heavy atom. The Morgan fingerprint density at radius 2 is 1.77 bits per heavy atom. The van der Waals surface area contributed by atoms with Gasteiger partial charge in [-0.15, -0.1) is 0 Å². The van der Waals surface area contributed by atoms with Crippen LogP contribution in [0.5, 0.6) is 0 Å². The molecule has 0 atom stereocenters. The Kier molecular flexibility index (Phi) is 4.10. The van der Waals surface area contributed by atoms with Crippen molar-refractivity contribution in [2.24, 2.45) is 7.05 Å². The molecule has 4 aromatic rings. The van der Waals surface area contributed by atoms with Gasteiger partial charge in [-0.25, -0.2) is 0 Å². The number of hydrogen-bond acceptors (Lipinski definition) is 3. The molecule has 0 spiro atoms. The lowest BCUT2D eigenvalue weighted by molar-refractivity contribution is -0.136. The second-order valence-electron chi connectivity index (χ2n) is 7.56. The molecule has 7 heteroatoms. The molecule has 30 heavy (non-hydrogen) atoms. The van der Waals surface area contributed by atoms with Gasteiger partial charge in [-0.05, 0) is 25.3 Å². The standard InChI is InChI=1S/C23H18F3N3O/c1-13-8-10-16-15(12-13)9-11-17-19(16)27-29(2)21(17)20-18(23(24,25)26)22(30-28-20)14-6-4-3-5-7-14/h3-8,10,12H,9,11H2,1-2H3. The van der Waals surface area contributed by atoms with Crippen molar-refractivity contribution in [2.45, 2.75) is 25.9 Å². The van der Waals surface area contributed by atoms with Gasteiger partial charge in [-0.1, -0.05) is 59.3 Å². The van der Waals surface area contributed by atoms with E-state index in [1.54, 1.807) is 37.4 Å². The van der Waals surface area contributed by atoms with Gasteiger partial charge < -0.3 is 4.52 Å². The molecule has 2 heterocycles. The van der Waals surface area contributed by atoms with Crippen molar-refractivity contribution < 1.29 is 17.7 Å². The van der Waals surface area contributed by atoms with Gasteiger partial charge >= 0.3 is 6.18 Å². The first-order valence-corrected chi connectivity index (χ1v) is 9.63. The predicted octanol–water partition coefficient (Wildman–Crippen LogP) is 5.83. The first kappa shape index (κ1) is 18.7. The summed E-state index contributed by atoms with van der Waals surface area (Å²) in [6.45, 7) is 2.02. The third-order valence-electron chi connectivity index (χ3n) is 5.54. The average molecular weight is 409 g/mol. The molecule has 0 amide bonds. The Balaban J connectivity index is 1.74. The highest BCUT2D eigenvalue weighted by Crippen LogP contribution is 2.46. The first-order valence-electron chi connectivity index (χ1n) is 9.63. The van der Waals surface area contributed by atoms with Crippen LogP contribution in [0.25, 0.3) is 34.0 Å². The third-order valence-corrected chi connectivity index (χ3v) is 5.54. The summed E-state index contributed by atoms with van der Waals surface area (Å²) in [5.41, 5.74) is 4.37. The summed E-state index contributed by atoms with van der Waals surface area (Å²) in [6.07, 6.45) is -3.28. The number of aryl methyl sites for hydroxylation is 3. The fourth-order valence-electron chi connectivity index (χ4n) is 4.24. The van der Waals surface area contributed by atoms with Crippen LogP contribution in [0.1, 0.15) is 22.3 Å². The maximum atomic E-state index is 14.1. The van der Waals surface area contributed by atoms with Crippen LogP contribution in [-0.2, 0) is 26.1 Å². The summed E-state index contributed by atoms with van der Waals surface area (Å²) >= 11 is 0. The molecule has 152 valence electrons. The lowest BCUT2D eigenvalue weighted by Gasteiger charge is -2.16. The molecular weight excluding hydrogens is 391 g/mol. The molecule has 1 aliphatic rings. The smallest absolute Gasteiger partial charge is 0.355 e. The number of nitrogens with zero attached hydrogens (tertiary/aromatic N) is 3. The van der Waals surface area contributed by atoms with Gasteiger partial charge in [0.1, 0.15) is 11.3 Å². The number of fused-ring (bicyclic) bond motifs is 3. The minimum absolute atomic E-state index is 0.215. The van der Waals surface area contributed by atoms with E-state index < -0.39 is 11.7 Å². The molecule has 1 aliphatic carbocycles. The van der Waals surface area contributed by atoms with Crippen LogP contribution in [0, 0.1) is 6.92 Å². The minimum Gasteiger partial charge on any atom is -0.355 e. The van der Waals surface area contributed by atoms with E-state index in [2.05, 4.69) is 16.3 Å². The van der Waals surface area contributed by atoms with Gasteiger partial charge in [-0.3, -0.25) is 4.68 Å². The summed E-state index contributed by atoms with van der Waals surface area (Å²) in [5.74, 6) is -0.278. The molecule has 2 aromatic carbocycles. The second-order valence-corrected chi connectivity index (χ2v) is 7.56. The van der Waals surface area contributed by atoms with Gasteiger partial charge in [-0.2, -0.15) is 18.3 Å². The van der Waals surface area contributed by atoms with Crippen LogP contribution in [0.2, 0.25) is 0 Å². The van der Waals surface area contributed by atoms with Gasteiger partial charge in [0.25, 0.3) is 0 Å². The van der Waals surface area contributed by atoms with Crippen molar-refractivity contribution in [2.75, 3.05) is 0 Å². The highest BCUT2D eigenvalue weighted by molar-refractivity contribution is 5.80. The maximum Gasteiger partial charge on any atom is 0.422 e. The average Bonchev–Trinajstić information content (AvgIpc) is 3.28. The Bertz CT molecular complexity index is 1250. The first-order chi connectivity index (χ1) is 14.3. The molecule has 0 fully saturated rings. The van der Waals surface area contributed by atoms with Crippen molar-refractivity contribution in [3.8, 4) is 34.0 Å². The van der Waals surface area contributed by atoms with Crippen LogP contribution in [0.4, 0.5) is 13.2 Å². The number of alkyl halides is 3. The van der Waals surface area contributed by atoms with Crippen molar-refractivity contribution >= 4 is 0 Å². The van der Waals surface area contributed by atoms with E-state index >= 15 is 0 Å². The fraction of sp³-hybridized carbons (Fsp3) is 0.217. The van der Waals surface area contributed by atoms with E-state index in [1.807, 2.05) is 19.1 Å². The molecule has 2 aromatic heterocycles. The molecule has 0 aliphatic heterocycles. The Morgan fingerprint density at radius 3 is 2.50 bits per heavy atom. The summed E-state index contributed by atoms with van der Waals surface area (Å²) in [5, 5.41) is 8.46. The Labute approximate surface area is 170 Å². The summed E-state index contributed by atoms with van der Waals surface area (Å²) in [4.78, 5) is 0. The van der Waals surface area contributed by atoms with E-state index in [4.69, 9.17) is 4.52 Å². The summed E-state index contributed by atoms with van der Waals surface area (Å²) < 4.78 is 49.2. The lowest BCUT2D eigenvalue weighted by Crippen LogP contribution is -2.10. The number of halogens is 3. The van der Waals surface area contributed by atoms with Gasteiger partial charge in [0.2, 0.25) is 0 Å². The van der Waals surface area contributed by atoms with E-state index in [-0.39, 0.29) is 11.5 Å². The number of benzene rings is 2. The Hall–Kier alpha value is -3.35. The molecule has 0 radical (unpaired) electrons. The number of rotatable bonds is 2. The monoisotopic (exact) mass is 409 g/mol. The minimum atomic E-state index is -4.62. The molecule has 4 nitrogen and oxygen atoms in total. The molecule has 0 N–H and O–H groups in total. The third kappa shape index (κ3) is 2.84. The predicted molar refractivity (Wildman–Crippen MR) is 107 cm³/mol. The molecular formula is C23H18F3N3O. The van der Waals surface area contributed by atoms with Crippen molar-refractivity contribution in [1.29, 1.82) is 0 Å². The molecule has 0 saturated carbocycles. The number of hydrogen-bond donors (Lipinski definition) is 0. The topological polar surface area (TPSA) is 43.9 Å². The van der Waals surface area contributed by atoms with Crippen LogP contribution in [-0.4, -0.2) is 14.9 Å². The zero-order valence-corrected chi connectivity index (χ0v) is 16.4. The van der Waals surface area contributed by atoms with Gasteiger partial charge in [0, 0.05) is 23.7 Å². The summed E-state index contributed by atoms with van der Waals surface area (Å²) in [7, 11) is 1.65. The van der Waals surface area contributed by atoms with Crippen LogP contribution >= 0.6 is 0 Å². The zero-order chi connectivity index (χ0) is 21.0. The van der Waals surface area contributed by atoms with Crippen LogP contribution in [0.15, 0.2) is 53.1 Å². The molecule has 0 unspecified atom stereocenters. The van der Waals surface area contributed by atoms with E-state index in [0.717, 1.165) is 28.7 Å². The van der Waals surface area contributed by atoms with Crippen molar-refractivity contribution in [3.05, 3.63) is 70.8 Å². The van der Waals surface area contributed by atoms with Crippen LogP contribution < -0.4 is 0 Å². The SMILES string of the molecule is Cc1ccc2c(c1)CCc1c-2nn(C)c1-c1noc(-c2ccccc2)c1C(F)(F)F. The fourth-order valence-corrected chi connectivity index (χ4v) is 4.24. The second kappa shape index (κ2) is 6.58. The van der Waals surface area contributed by atoms with Gasteiger partial charge in [0.15, 0.2) is 5.76 Å². The van der Waals surface area contributed by atoms with Gasteiger partial charge in [0.05, 0.1) is 11.4 Å². The normalized spacial score (nSPS) is 13.2. The van der Waals surface area contributed by atoms with E-state index in [1.165, 1.54) is 4.68 Å². The maximum absolute atomic E-state index is 14.1. The van der Waals surface area contributed by atoms with Crippen LogP contribution in [0.3, 0.4) is 0 Å². The zero-order valence-electron chi connectivity index (χ0n) is 16.4. The highest BCUT2D eigenvalue weighted by atomic mass is 19.4. The quantitative estimate of drug-likeness (QED) is 0.418. The van der Waals surface area contributed by atoms with E-state index in [9.17, 15) is 13.2 Å². The lowest BCUT2D eigenvalue weighted by atomic mass is 9.87. The summed E-state index contributed by atoms with van der Waals surface area (Å²) in [6, 6.07) is 14.3.